The zero-order chi connectivity index (χ0) is 7.72. The molecule has 0 saturated carbocycles. The van der Waals surface area contributed by atoms with Crippen LogP contribution in [0.4, 0.5) is 0 Å². The van der Waals surface area contributed by atoms with Crippen molar-refractivity contribution in [3.05, 3.63) is 0 Å². The molecule has 0 radical (unpaired) electrons. The molecule has 1 heterocycles. The monoisotopic (exact) mass is 161 g/mol. The Kier molecular flexibility index (Phi) is 1.94. The van der Waals surface area contributed by atoms with Gasteiger partial charge >= 0.3 is 0 Å². The second-order valence-corrected chi connectivity index (χ2v) is 2.78. The summed E-state index contributed by atoms with van der Waals surface area (Å²) in [5.41, 5.74) is 0. The van der Waals surface area contributed by atoms with E-state index in [1.54, 1.807) is 7.05 Å². The molecular weight excluding hydrogens is 154 g/mol. The van der Waals surface area contributed by atoms with Gasteiger partial charge in [0.15, 0.2) is 0 Å². The maximum absolute atomic E-state index is 11.0. The summed E-state index contributed by atoms with van der Waals surface area (Å²) >= 11 is 5.16. The highest BCUT2D eigenvalue weighted by Crippen LogP contribution is 2.18. The summed E-state index contributed by atoms with van der Waals surface area (Å²) in [6.07, 6.45) is 0.567. The molecule has 0 aromatic carbocycles. The molecule has 1 atom stereocenters. The van der Waals surface area contributed by atoms with Crippen molar-refractivity contribution in [2.75, 3.05) is 13.6 Å². The van der Waals surface area contributed by atoms with E-state index in [2.05, 4.69) is 0 Å². The molecule has 0 aliphatic carbocycles. The van der Waals surface area contributed by atoms with Crippen molar-refractivity contribution in [2.24, 2.45) is 5.92 Å². The van der Waals surface area contributed by atoms with Crippen molar-refractivity contribution in [3.63, 3.8) is 0 Å². The number of rotatable bonds is 1. The summed E-state index contributed by atoms with van der Waals surface area (Å²) < 4.78 is 0. The number of likely N-dealkylation sites (tertiary alicyclic amines) is 1. The molecule has 1 fully saturated rings. The summed E-state index contributed by atoms with van der Waals surface area (Å²) in [6.45, 7) is 0.641. The molecule has 0 spiro atoms. The van der Waals surface area contributed by atoms with Crippen LogP contribution >= 0.6 is 11.6 Å². The van der Waals surface area contributed by atoms with E-state index >= 15 is 0 Å². The van der Waals surface area contributed by atoms with Crippen molar-refractivity contribution < 1.29 is 9.59 Å². The largest absolute Gasteiger partial charge is 0.345 e. The summed E-state index contributed by atoms with van der Waals surface area (Å²) in [7, 11) is 1.67. The molecule has 1 aliphatic rings. The van der Waals surface area contributed by atoms with E-state index in [1.807, 2.05) is 0 Å². The van der Waals surface area contributed by atoms with Crippen LogP contribution in [0.5, 0.6) is 0 Å². The van der Waals surface area contributed by atoms with Crippen LogP contribution in [0.3, 0.4) is 0 Å². The number of hydrogen-bond acceptors (Lipinski definition) is 2. The van der Waals surface area contributed by atoms with Gasteiger partial charge in [-0.2, -0.15) is 0 Å². The molecular formula is C6H8ClNO2. The lowest BCUT2D eigenvalue weighted by Crippen LogP contribution is -2.25. The van der Waals surface area contributed by atoms with Crippen LogP contribution in [0.1, 0.15) is 6.42 Å². The van der Waals surface area contributed by atoms with Crippen LogP contribution in [0.15, 0.2) is 0 Å². The van der Waals surface area contributed by atoms with Gasteiger partial charge in [-0.25, -0.2) is 0 Å². The quantitative estimate of drug-likeness (QED) is 0.408. The predicted molar refractivity (Wildman–Crippen MR) is 36.6 cm³/mol. The molecule has 1 rings (SSSR count). The second kappa shape index (κ2) is 2.58. The molecule has 0 aromatic rings. The number of carbonyl (C=O) groups excluding carboxylic acids is 2. The van der Waals surface area contributed by atoms with Gasteiger partial charge in [0.25, 0.3) is 0 Å². The Balaban J connectivity index is 2.66. The SMILES string of the molecule is CN1CCC(C(=O)Cl)C1=O. The van der Waals surface area contributed by atoms with Crippen LogP contribution in [0, 0.1) is 5.92 Å². The predicted octanol–water partition coefficient (Wildman–Crippen LogP) is 0.230. The molecule has 0 N–H and O–H groups in total. The molecule has 0 bridgehead atoms. The number of amides is 1. The molecule has 1 saturated heterocycles. The zero-order valence-electron chi connectivity index (χ0n) is 5.63. The van der Waals surface area contributed by atoms with Crippen LogP contribution in [0.25, 0.3) is 0 Å². The van der Waals surface area contributed by atoms with E-state index in [0.29, 0.717) is 13.0 Å². The molecule has 3 nitrogen and oxygen atoms in total. The molecule has 10 heavy (non-hydrogen) atoms. The van der Waals surface area contributed by atoms with E-state index in [-0.39, 0.29) is 5.91 Å². The van der Waals surface area contributed by atoms with Crippen LogP contribution in [-0.2, 0) is 9.59 Å². The lowest BCUT2D eigenvalue weighted by atomic mass is 10.1. The highest BCUT2D eigenvalue weighted by atomic mass is 35.5. The second-order valence-electron chi connectivity index (χ2n) is 2.41. The standard InChI is InChI=1S/C6H8ClNO2/c1-8-3-2-4(5(7)9)6(8)10/h4H,2-3H2,1H3. The van der Waals surface area contributed by atoms with Gasteiger partial charge in [0.2, 0.25) is 11.1 Å². The third-order valence-corrected chi connectivity index (χ3v) is 1.96. The first-order chi connectivity index (χ1) is 4.63. The first-order valence-electron chi connectivity index (χ1n) is 3.07. The van der Waals surface area contributed by atoms with Crippen molar-refractivity contribution in [1.29, 1.82) is 0 Å². The maximum atomic E-state index is 11.0. The van der Waals surface area contributed by atoms with Crippen molar-refractivity contribution in [3.8, 4) is 0 Å². The lowest BCUT2D eigenvalue weighted by Gasteiger charge is -2.05. The zero-order valence-corrected chi connectivity index (χ0v) is 6.39. The van der Waals surface area contributed by atoms with E-state index in [0.717, 1.165) is 0 Å². The normalized spacial score (nSPS) is 25.6. The fourth-order valence-corrected chi connectivity index (χ4v) is 1.24. The fourth-order valence-electron chi connectivity index (χ4n) is 1.03. The molecule has 56 valence electrons. The van der Waals surface area contributed by atoms with Crippen LogP contribution in [0.2, 0.25) is 0 Å². The van der Waals surface area contributed by atoms with Gasteiger partial charge in [-0.05, 0) is 18.0 Å². The van der Waals surface area contributed by atoms with Crippen LogP contribution in [-0.4, -0.2) is 29.6 Å². The first-order valence-corrected chi connectivity index (χ1v) is 3.45. The lowest BCUT2D eigenvalue weighted by molar-refractivity contribution is -0.133. The minimum absolute atomic E-state index is 0.153. The number of hydrogen-bond donors (Lipinski definition) is 0. The Labute approximate surface area is 63.9 Å². The Morgan fingerprint density at radius 1 is 1.80 bits per heavy atom. The topological polar surface area (TPSA) is 37.4 Å². The highest BCUT2D eigenvalue weighted by Gasteiger charge is 2.33. The van der Waals surface area contributed by atoms with E-state index < -0.39 is 11.2 Å². The van der Waals surface area contributed by atoms with E-state index in [4.69, 9.17) is 11.6 Å². The molecule has 1 unspecified atom stereocenters. The Morgan fingerprint density at radius 2 is 2.40 bits per heavy atom. The minimum Gasteiger partial charge on any atom is -0.345 e. The average molecular weight is 162 g/mol. The van der Waals surface area contributed by atoms with Gasteiger partial charge in [-0.3, -0.25) is 9.59 Å². The number of nitrogens with zero attached hydrogens (tertiary/aromatic N) is 1. The average Bonchev–Trinajstić information content (AvgIpc) is 2.14. The highest BCUT2D eigenvalue weighted by molar-refractivity contribution is 6.65. The van der Waals surface area contributed by atoms with Gasteiger partial charge in [0.1, 0.15) is 5.92 Å². The summed E-state index contributed by atoms with van der Waals surface area (Å²) in [5.74, 6) is -0.730. The smallest absolute Gasteiger partial charge is 0.234 e. The van der Waals surface area contributed by atoms with Crippen molar-refractivity contribution in [1.82, 2.24) is 4.90 Å². The van der Waals surface area contributed by atoms with Gasteiger partial charge in [0.05, 0.1) is 0 Å². The van der Waals surface area contributed by atoms with Crippen molar-refractivity contribution >= 4 is 22.8 Å². The molecule has 0 aromatic heterocycles. The molecule has 1 aliphatic heterocycles. The molecule has 4 heteroatoms. The van der Waals surface area contributed by atoms with Crippen LogP contribution < -0.4 is 0 Å². The van der Waals surface area contributed by atoms with E-state index in [1.165, 1.54) is 4.90 Å². The Morgan fingerprint density at radius 3 is 2.60 bits per heavy atom. The van der Waals surface area contributed by atoms with Gasteiger partial charge in [-0.15, -0.1) is 0 Å². The summed E-state index contributed by atoms with van der Waals surface area (Å²) in [4.78, 5) is 23.0. The van der Waals surface area contributed by atoms with Gasteiger partial charge in [-0.1, -0.05) is 0 Å². The number of halogens is 1. The van der Waals surface area contributed by atoms with Crippen molar-refractivity contribution in [2.45, 2.75) is 6.42 Å². The van der Waals surface area contributed by atoms with E-state index in [9.17, 15) is 9.59 Å². The minimum atomic E-state index is -0.577. The van der Waals surface area contributed by atoms with Gasteiger partial charge in [0, 0.05) is 13.6 Å². The van der Waals surface area contributed by atoms with Gasteiger partial charge < -0.3 is 4.90 Å². The third kappa shape index (κ3) is 1.14. The Hall–Kier alpha value is -0.570. The Bertz CT molecular complexity index is 181. The molecule has 1 amide bonds. The fraction of sp³-hybridized carbons (Fsp3) is 0.667. The summed E-state index contributed by atoms with van der Waals surface area (Å²) in [6, 6.07) is 0. The number of carbonyl (C=O) groups is 2. The maximum Gasteiger partial charge on any atom is 0.234 e. The first kappa shape index (κ1) is 7.54. The summed E-state index contributed by atoms with van der Waals surface area (Å²) in [5, 5.41) is -0.533. The third-order valence-electron chi connectivity index (χ3n) is 1.70.